The molecule has 0 aliphatic carbocycles. The summed E-state index contributed by atoms with van der Waals surface area (Å²) in [5.41, 5.74) is -0.103. The van der Waals surface area contributed by atoms with Gasteiger partial charge in [-0.05, 0) is 39.3 Å². The van der Waals surface area contributed by atoms with Crippen LogP contribution in [0.3, 0.4) is 0 Å². The lowest BCUT2D eigenvalue weighted by Gasteiger charge is -2.31. The number of hydrogen-bond acceptors (Lipinski definition) is 4. The predicted molar refractivity (Wildman–Crippen MR) is 90.0 cm³/mol. The van der Waals surface area contributed by atoms with Crippen LogP contribution in [0.25, 0.3) is 0 Å². The summed E-state index contributed by atoms with van der Waals surface area (Å²) < 4.78 is 45.7. The van der Waals surface area contributed by atoms with Crippen molar-refractivity contribution >= 4 is 11.8 Å². The Morgan fingerprint density at radius 1 is 1.12 bits per heavy atom. The number of carbonyl (C=O) groups excluding carboxylic acids is 2. The van der Waals surface area contributed by atoms with E-state index in [1.165, 1.54) is 25.1 Å². The monoisotopic (exact) mass is 367 g/mol. The molecule has 0 bridgehead atoms. The summed E-state index contributed by atoms with van der Waals surface area (Å²) in [6.45, 7) is 6.13. The average Bonchev–Trinajstić information content (AvgIpc) is 2.53. The van der Waals surface area contributed by atoms with Crippen molar-refractivity contribution in [2.24, 2.45) is 0 Å². The van der Waals surface area contributed by atoms with E-state index in [0.29, 0.717) is 11.4 Å². The number of alkyl halides is 3. The molecular formula is C19H20F3NO3. The molecule has 0 spiro atoms. The molecule has 0 fully saturated rings. The number of ketones is 1. The molecule has 0 amide bonds. The second kappa shape index (κ2) is 7.35. The molecule has 1 heterocycles. The van der Waals surface area contributed by atoms with E-state index in [1.54, 1.807) is 20.8 Å². The summed E-state index contributed by atoms with van der Waals surface area (Å²) in [6.07, 6.45) is -4.62. The number of nitrogens with one attached hydrogen (secondary N) is 1. The fourth-order valence-electron chi connectivity index (χ4n) is 3.26. The highest BCUT2D eigenvalue weighted by Gasteiger charge is 2.41. The minimum absolute atomic E-state index is 0.0133. The number of halogens is 3. The van der Waals surface area contributed by atoms with Gasteiger partial charge in [-0.25, -0.2) is 4.79 Å². The van der Waals surface area contributed by atoms with Crippen LogP contribution in [0.15, 0.2) is 46.8 Å². The summed E-state index contributed by atoms with van der Waals surface area (Å²) in [5.74, 6) is -2.30. The van der Waals surface area contributed by atoms with Gasteiger partial charge in [-0.15, -0.1) is 0 Å². The molecule has 0 saturated heterocycles. The van der Waals surface area contributed by atoms with Gasteiger partial charge in [-0.1, -0.05) is 18.2 Å². The van der Waals surface area contributed by atoms with Crippen molar-refractivity contribution in [3.8, 4) is 0 Å². The van der Waals surface area contributed by atoms with Crippen molar-refractivity contribution in [3.05, 3.63) is 57.9 Å². The Morgan fingerprint density at radius 2 is 1.69 bits per heavy atom. The van der Waals surface area contributed by atoms with Crippen molar-refractivity contribution in [1.82, 2.24) is 5.32 Å². The number of benzene rings is 1. The Kier molecular flexibility index (Phi) is 5.59. The van der Waals surface area contributed by atoms with Gasteiger partial charge in [0.1, 0.15) is 0 Å². The van der Waals surface area contributed by atoms with Crippen molar-refractivity contribution < 1.29 is 27.5 Å². The molecule has 1 aromatic rings. The summed E-state index contributed by atoms with van der Waals surface area (Å²) >= 11 is 0. The molecule has 7 heteroatoms. The summed E-state index contributed by atoms with van der Waals surface area (Å²) in [7, 11) is 0. The maximum atomic E-state index is 13.6. The average molecular weight is 367 g/mol. The lowest BCUT2D eigenvalue weighted by Crippen LogP contribution is -2.32. The van der Waals surface area contributed by atoms with Crippen LogP contribution in [0.4, 0.5) is 13.2 Å². The highest BCUT2D eigenvalue weighted by molar-refractivity contribution is 6.02. The van der Waals surface area contributed by atoms with Gasteiger partial charge >= 0.3 is 12.1 Å². The molecule has 0 aromatic heterocycles. The lowest BCUT2D eigenvalue weighted by molar-refractivity contribution is -0.140. The third-order valence-electron chi connectivity index (χ3n) is 4.21. The van der Waals surface area contributed by atoms with E-state index in [2.05, 4.69) is 5.32 Å². The standard InChI is InChI=1S/C19H20F3NO3/c1-5-26-18(25)16-11(3)23-10(2)15(12(4)24)17(16)13-8-6-7-9-14(13)19(20,21)22/h6-9,17,23H,5H2,1-4H3. The molecule has 1 unspecified atom stereocenters. The van der Waals surface area contributed by atoms with Crippen LogP contribution >= 0.6 is 0 Å². The molecule has 0 radical (unpaired) electrons. The number of hydrogen-bond donors (Lipinski definition) is 1. The summed E-state index contributed by atoms with van der Waals surface area (Å²) in [4.78, 5) is 24.7. The Bertz CT molecular complexity index is 806. The molecule has 140 valence electrons. The van der Waals surface area contributed by atoms with Crippen molar-refractivity contribution in [3.63, 3.8) is 0 Å². The van der Waals surface area contributed by atoms with Gasteiger partial charge < -0.3 is 10.1 Å². The van der Waals surface area contributed by atoms with Crippen LogP contribution in [0.1, 0.15) is 44.7 Å². The lowest BCUT2D eigenvalue weighted by atomic mass is 9.77. The maximum absolute atomic E-state index is 13.6. The van der Waals surface area contributed by atoms with E-state index in [-0.39, 0.29) is 23.3 Å². The third-order valence-corrected chi connectivity index (χ3v) is 4.21. The molecule has 1 aliphatic heterocycles. The van der Waals surface area contributed by atoms with Gasteiger partial charge in [-0.2, -0.15) is 13.2 Å². The van der Waals surface area contributed by atoms with E-state index in [0.717, 1.165) is 6.07 Å². The Morgan fingerprint density at radius 3 is 2.23 bits per heavy atom. The highest BCUT2D eigenvalue weighted by atomic mass is 19.4. The second-order valence-corrected chi connectivity index (χ2v) is 6.00. The summed E-state index contributed by atoms with van der Waals surface area (Å²) in [5, 5.41) is 2.91. The smallest absolute Gasteiger partial charge is 0.416 e. The second-order valence-electron chi connectivity index (χ2n) is 6.00. The van der Waals surface area contributed by atoms with Gasteiger partial charge in [0.15, 0.2) is 5.78 Å². The van der Waals surface area contributed by atoms with E-state index in [4.69, 9.17) is 4.74 Å². The first-order chi connectivity index (χ1) is 12.1. The minimum atomic E-state index is -4.62. The number of dihydropyridines is 1. The minimum Gasteiger partial charge on any atom is -0.463 e. The highest BCUT2D eigenvalue weighted by Crippen LogP contribution is 2.44. The predicted octanol–water partition coefficient (Wildman–Crippen LogP) is 4.09. The summed E-state index contributed by atoms with van der Waals surface area (Å²) in [6, 6.07) is 4.97. The quantitative estimate of drug-likeness (QED) is 0.815. The fraction of sp³-hybridized carbons (Fsp3) is 0.368. The molecule has 1 atom stereocenters. The van der Waals surface area contributed by atoms with Gasteiger partial charge in [0.25, 0.3) is 0 Å². The number of ether oxygens (including phenoxy) is 1. The first-order valence-electron chi connectivity index (χ1n) is 8.12. The van der Waals surface area contributed by atoms with Gasteiger partial charge in [-0.3, -0.25) is 4.79 Å². The SMILES string of the molecule is CCOC(=O)C1=C(C)NC(C)=C(C(C)=O)C1c1ccccc1C(F)(F)F. The number of esters is 1. The Balaban J connectivity index is 2.79. The van der Waals surface area contributed by atoms with E-state index < -0.39 is 29.4 Å². The molecule has 1 aliphatic rings. The van der Waals surface area contributed by atoms with Crippen molar-refractivity contribution in [1.29, 1.82) is 0 Å². The van der Waals surface area contributed by atoms with Crippen LogP contribution in [0.2, 0.25) is 0 Å². The normalized spacial score (nSPS) is 17.9. The maximum Gasteiger partial charge on any atom is 0.416 e. The molecule has 2 rings (SSSR count). The van der Waals surface area contributed by atoms with Crippen molar-refractivity contribution in [2.45, 2.75) is 39.8 Å². The Labute approximate surface area is 149 Å². The zero-order chi connectivity index (χ0) is 19.6. The van der Waals surface area contributed by atoms with Crippen LogP contribution in [0, 0.1) is 0 Å². The van der Waals surface area contributed by atoms with E-state index >= 15 is 0 Å². The molecule has 4 nitrogen and oxygen atoms in total. The van der Waals surface area contributed by atoms with Crippen molar-refractivity contribution in [2.75, 3.05) is 6.61 Å². The van der Waals surface area contributed by atoms with Crippen LogP contribution in [-0.2, 0) is 20.5 Å². The zero-order valence-corrected chi connectivity index (χ0v) is 15.0. The third kappa shape index (κ3) is 3.66. The van der Waals surface area contributed by atoms with Crippen LogP contribution < -0.4 is 5.32 Å². The largest absolute Gasteiger partial charge is 0.463 e. The first-order valence-corrected chi connectivity index (χ1v) is 8.12. The topological polar surface area (TPSA) is 55.4 Å². The van der Waals surface area contributed by atoms with Gasteiger partial charge in [0.2, 0.25) is 0 Å². The fourth-order valence-corrected chi connectivity index (χ4v) is 3.26. The molecule has 1 N–H and O–H groups in total. The van der Waals surface area contributed by atoms with E-state index in [1.807, 2.05) is 0 Å². The molecular weight excluding hydrogens is 347 g/mol. The Hall–Kier alpha value is -2.57. The number of carbonyl (C=O) groups is 2. The number of Topliss-reactive ketones (excluding diaryl/α,β-unsaturated/α-hetero) is 1. The number of rotatable bonds is 4. The van der Waals surface area contributed by atoms with Gasteiger partial charge in [0, 0.05) is 22.9 Å². The molecule has 0 saturated carbocycles. The van der Waals surface area contributed by atoms with Crippen LogP contribution in [0.5, 0.6) is 0 Å². The van der Waals surface area contributed by atoms with Crippen LogP contribution in [-0.4, -0.2) is 18.4 Å². The van der Waals surface area contributed by atoms with Gasteiger partial charge in [0.05, 0.1) is 17.7 Å². The molecule has 1 aromatic carbocycles. The van der Waals surface area contributed by atoms with E-state index in [9.17, 15) is 22.8 Å². The molecule has 26 heavy (non-hydrogen) atoms. The zero-order valence-electron chi connectivity index (χ0n) is 15.0. The first kappa shape index (κ1) is 19.8. The number of allylic oxidation sites excluding steroid dienone is 3.